The van der Waals surface area contributed by atoms with Crippen LogP contribution < -0.4 is 10.4 Å². The molecule has 1 aliphatic heterocycles. The van der Waals surface area contributed by atoms with Crippen LogP contribution in [0.2, 0.25) is 5.04 Å². The second-order valence-electron chi connectivity index (χ2n) is 10.1. The highest BCUT2D eigenvalue weighted by Crippen LogP contribution is 2.47. The third-order valence-electron chi connectivity index (χ3n) is 7.27. The van der Waals surface area contributed by atoms with Crippen molar-refractivity contribution in [3.8, 4) is 0 Å². The van der Waals surface area contributed by atoms with Crippen LogP contribution in [0.3, 0.4) is 0 Å². The van der Waals surface area contributed by atoms with Crippen molar-refractivity contribution in [2.75, 3.05) is 13.7 Å². The van der Waals surface area contributed by atoms with Gasteiger partial charge in [-0.1, -0.05) is 81.4 Å². The van der Waals surface area contributed by atoms with E-state index < -0.39 is 14.6 Å². The van der Waals surface area contributed by atoms with Gasteiger partial charge >= 0.3 is 5.97 Å². The number of aliphatic hydroxyl groups is 1. The topological polar surface area (TPSA) is 65.0 Å². The van der Waals surface area contributed by atoms with Crippen molar-refractivity contribution in [1.82, 2.24) is 0 Å². The number of methoxy groups -OCH3 is 1. The Morgan fingerprint density at radius 2 is 1.61 bits per heavy atom. The number of carbonyl (C=O) groups is 1. The Hall–Kier alpha value is -2.41. The van der Waals surface area contributed by atoms with Gasteiger partial charge in [0.15, 0.2) is 6.29 Å². The predicted molar refractivity (Wildman–Crippen MR) is 130 cm³/mol. The quantitative estimate of drug-likeness (QED) is 0.520. The summed E-state index contributed by atoms with van der Waals surface area (Å²) in [4.78, 5) is 12.3. The van der Waals surface area contributed by atoms with Gasteiger partial charge in [0.1, 0.15) is 0 Å². The summed E-state index contributed by atoms with van der Waals surface area (Å²) in [5.74, 6) is -0.568. The summed E-state index contributed by atoms with van der Waals surface area (Å²) < 4.78 is 17.5. The maximum Gasteiger partial charge on any atom is 0.337 e. The first kappa shape index (κ1) is 23.7. The van der Waals surface area contributed by atoms with Gasteiger partial charge in [-0.25, -0.2) is 4.79 Å². The molecule has 1 fully saturated rings. The van der Waals surface area contributed by atoms with Gasteiger partial charge < -0.3 is 19.0 Å². The molecule has 1 saturated carbocycles. The molecule has 0 amide bonds. The second-order valence-corrected chi connectivity index (χ2v) is 14.4. The van der Waals surface area contributed by atoms with Crippen LogP contribution in [0.25, 0.3) is 0 Å². The summed E-state index contributed by atoms with van der Waals surface area (Å²) in [5.41, 5.74) is 0.515. The number of aliphatic hydroxyl groups excluding tert-OH is 1. The SMILES string of the molecule is COC(=O)C1=COC(O)[C@@H]2[C@@H](CO[Si](c3ccccc3)(c3ccccc3)C(C)(C)C)CC[C@H]12. The van der Waals surface area contributed by atoms with E-state index in [-0.39, 0.29) is 28.8 Å². The number of benzene rings is 2. The van der Waals surface area contributed by atoms with Crippen LogP contribution in [0, 0.1) is 17.8 Å². The smallest absolute Gasteiger partial charge is 0.337 e. The molecule has 0 aromatic heterocycles. The van der Waals surface area contributed by atoms with Gasteiger partial charge in [0, 0.05) is 18.4 Å². The number of carbonyl (C=O) groups excluding carboxylic acids is 1. The van der Waals surface area contributed by atoms with Gasteiger partial charge in [-0.3, -0.25) is 0 Å². The largest absolute Gasteiger partial charge is 0.472 e. The lowest BCUT2D eigenvalue weighted by Crippen LogP contribution is -2.67. The summed E-state index contributed by atoms with van der Waals surface area (Å²) in [7, 11) is -1.29. The van der Waals surface area contributed by atoms with Gasteiger partial charge in [0.05, 0.1) is 18.9 Å². The van der Waals surface area contributed by atoms with E-state index >= 15 is 0 Å². The second kappa shape index (κ2) is 9.45. The lowest BCUT2D eigenvalue weighted by Gasteiger charge is -2.44. The van der Waals surface area contributed by atoms with Crippen molar-refractivity contribution < 1.29 is 23.8 Å². The number of hydrogen-bond donors (Lipinski definition) is 1. The zero-order valence-corrected chi connectivity index (χ0v) is 20.9. The van der Waals surface area contributed by atoms with E-state index in [9.17, 15) is 9.90 Å². The van der Waals surface area contributed by atoms with Crippen LogP contribution >= 0.6 is 0 Å². The van der Waals surface area contributed by atoms with E-state index in [1.807, 2.05) is 12.1 Å². The van der Waals surface area contributed by atoms with Crippen molar-refractivity contribution in [2.24, 2.45) is 17.8 Å². The fraction of sp³-hybridized carbons (Fsp3) is 0.444. The van der Waals surface area contributed by atoms with Crippen molar-refractivity contribution >= 4 is 24.7 Å². The number of esters is 1. The highest BCUT2D eigenvalue weighted by molar-refractivity contribution is 6.99. The average Bonchev–Trinajstić information content (AvgIpc) is 3.25. The molecular weight excluding hydrogens is 432 g/mol. The van der Waals surface area contributed by atoms with E-state index in [0.717, 1.165) is 12.8 Å². The first-order valence-corrected chi connectivity index (χ1v) is 13.6. The van der Waals surface area contributed by atoms with Gasteiger partial charge in [0.25, 0.3) is 8.32 Å². The van der Waals surface area contributed by atoms with Crippen molar-refractivity contribution in [3.05, 3.63) is 72.5 Å². The Morgan fingerprint density at radius 3 is 2.12 bits per heavy atom. The fourth-order valence-corrected chi connectivity index (χ4v) is 10.3. The molecular formula is C27H34O5Si. The van der Waals surface area contributed by atoms with Gasteiger partial charge in [-0.15, -0.1) is 0 Å². The van der Waals surface area contributed by atoms with Crippen LogP contribution in [0.5, 0.6) is 0 Å². The standard InChI is InChI=1S/C27H34O5Si/c1-27(2,3)33(20-11-7-5-8-12-20,21-13-9-6-10-14-21)32-17-19-15-16-22-23(25(28)30-4)18-31-26(29)24(19)22/h5-14,18-19,22,24,26,29H,15-17H2,1-4H3/t19-,22-,24-,26?/m1/s1. The van der Waals surface area contributed by atoms with Crippen LogP contribution in [0.1, 0.15) is 33.6 Å². The number of ether oxygens (including phenoxy) is 2. The van der Waals surface area contributed by atoms with Gasteiger partial charge in [0.2, 0.25) is 0 Å². The van der Waals surface area contributed by atoms with E-state index in [1.54, 1.807) is 0 Å². The van der Waals surface area contributed by atoms with E-state index in [1.165, 1.54) is 23.7 Å². The van der Waals surface area contributed by atoms with Crippen LogP contribution in [0.15, 0.2) is 72.5 Å². The normalized spacial score (nSPS) is 25.1. The molecule has 1 unspecified atom stereocenters. The fourth-order valence-electron chi connectivity index (χ4n) is 5.73. The minimum Gasteiger partial charge on any atom is -0.472 e. The monoisotopic (exact) mass is 466 g/mol. The first-order chi connectivity index (χ1) is 15.8. The highest BCUT2D eigenvalue weighted by Gasteiger charge is 2.53. The molecule has 1 heterocycles. The molecule has 33 heavy (non-hydrogen) atoms. The zero-order chi connectivity index (χ0) is 23.6. The van der Waals surface area contributed by atoms with Crippen molar-refractivity contribution in [1.29, 1.82) is 0 Å². The van der Waals surface area contributed by atoms with Crippen molar-refractivity contribution in [2.45, 2.75) is 44.9 Å². The molecule has 1 aliphatic carbocycles. The molecule has 0 saturated heterocycles. The molecule has 0 spiro atoms. The van der Waals surface area contributed by atoms with Crippen molar-refractivity contribution in [3.63, 3.8) is 0 Å². The molecule has 176 valence electrons. The van der Waals surface area contributed by atoms with Gasteiger partial charge in [-0.05, 0) is 34.2 Å². The van der Waals surface area contributed by atoms with Crippen LogP contribution in [0.4, 0.5) is 0 Å². The Kier molecular flexibility index (Phi) is 6.80. The Morgan fingerprint density at radius 1 is 1.03 bits per heavy atom. The Labute approximate surface area is 197 Å². The molecule has 5 nitrogen and oxygen atoms in total. The van der Waals surface area contributed by atoms with Crippen LogP contribution in [-0.4, -0.2) is 39.4 Å². The summed E-state index contributed by atoms with van der Waals surface area (Å²) >= 11 is 0. The van der Waals surface area contributed by atoms with E-state index in [0.29, 0.717) is 12.2 Å². The minimum absolute atomic E-state index is 0.0750. The van der Waals surface area contributed by atoms with Gasteiger partial charge in [-0.2, -0.15) is 0 Å². The lowest BCUT2D eigenvalue weighted by molar-refractivity contribution is -0.146. The summed E-state index contributed by atoms with van der Waals surface area (Å²) in [6.45, 7) is 7.28. The van der Waals surface area contributed by atoms with Crippen LogP contribution in [-0.2, 0) is 18.7 Å². The molecule has 0 bridgehead atoms. The number of rotatable bonds is 6. The summed E-state index contributed by atoms with van der Waals surface area (Å²) in [5, 5.41) is 13.0. The summed E-state index contributed by atoms with van der Waals surface area (Å²) in [6.07, 6.45) is 2.10. The minimum atomic E-state index is -2.67. The number of hydrogen-bond acceptors (Lipinski definition) is 5. The molecule has 6 heteroatoms. The first-order valence-electron chi connectivity index (χ1n) is 11.7. The zero-order valence-electron chi connectivity index (χ0n) is 19.9. The average molecular weight is 467 g/mol. The Balaban J connectivity index is 1.68. The third kappa shape index (κ3) is 4.27. The highest BCUT2D eigenvalue weighted by atomic mass is 28.4. The molecule has 0 radical (unpaired) electrons. The molecule has 1 N–H and O–H groups in total. The Bertz CT molecular complexity index is 943. The molecule has 2 aromatic carbocycles. The third-order valence-corrected chi connectivity index (χ3v) is 12.3. The van der Waals surface area contributed by atoms with E-state index in [2.05, 4.69) is 69.3 Å². The molecule has 2 aromatic rings. The number of fused-ring (bicyclic) bond motifs is 1. The molecule has 4 atom stereocenters. The molecule has 4 rings (SSSR count). The summed E-state index contributed by atoms with van der Waals surface area (Å²) in [6, 6.07) is 21.1. The lowest BCUT2D eigenvalue weighted by atomic mass is 9.83. The molecule has 2 aliphatic rings. The van der Waals surface area contributed by atoms with E-state index in [4.69, 9.17) is 13.9 Å². The predicted octanol–water partition coefficient (Wildman–Crippen LogP) is 3.61. The maximum absolute atomic E-state index is 12.3. The maximum atomic E-state index is 12.3.